The van der Waals surface area contributed by atoms with E-state index in [-0.39, 0.29) is 17.0 Å². The highest BCUT2D eigenvalue weighted by Gasteiger charge is 2.52. The Morgan fingerprint density at radius 1 is 1.05 bits per heavy atom. The van der Waals surface area contributed by atoms with Crippen molar-refractivity contribution in [3.63, 3.8) is 0 Å². The lowest BCUT2D eigenvalue weighted by Gasteiger charge is -2.32. The zero-order valence-electron chi connectivity index (χ0n) is 11.5. The molecule has 2 heterocycles. The van der Waals surface area contributed by atoms with Gasteiger partial charge >= 0.3 is 7.12 Å². The Hall–Kier alpha value is -0.905. The summed E-state index contributed by atoms with van der Waals surface area (Å²) in [5.41, 5.74) is 0.138. The van der Waals surface area contributed by atoms with E-state index in [0.717, 1.165) is 10.8 Å². The first-order valence-corrected chi connectivity index (χ1v) is 7.21. The second-order valence-corrected chi connectivity index (χ2v) is 6.80. The zero-order chi connectivity index (χ0) is 13.8. The predicted molar refractivity (Wildman–Crippen MR) is 77.5 cm³/mol. The number of fused-ring (bicyclic) bond motifs is 1. The molecule has 19 heavy (non-hydrogen) atoms. The van der Waals surface area contributed by atoms with Gasteiger partial charge in [0.25, 0.3) is 0 Å². The van der Waals surface area contributed by atoms with E-state index in [9.17, 15) is 4.39 Å². The monoisotopic (exact) mass is 278 g/mol. The molecule has 0 atom stereocenters. The van der Waals surface area contributed by atoms with Crippen molar-refractivity contribution >= 4 is 34.0 Å². The molecule has 0 spiro atoms. The van der Waals surface area contributed by atoms with Crippen molar-refractivity contribution in [3.05, 3.63) is 29.4 Å². The number of halogens is 1. The van der Waals surface area contributed by atoms with Crippen molar-refractivity contribution in [2.45, 2.75) is 38.9 Å². The van der Waals surface area contributed by atoms with Crippen LogP contribution in [0.1, 0.15) is 27.7 Å². The van der Waals surface area contributed by atoms with Crippen LogP contribution in [0.15, 0.2) is 23.6 Å². The van der Waals surface area contributed by atoms with Crippen molar-refractivity contribution in [2.24, 2.45) is 0 Å². The summed E-state index contributed by atoms with van der Waals surface area (Å²) in [6, 6.07) is 5.16. The molecule has 0 N–H and O–H groups in total. The van der Waals surface area contributed by atoms with Crippen molar-refractivity contribution in [1.29, 1.82) is 0 Å². The fourth-order valence-corrected chi connectivity index (χ4v) is 3.06. The Morgan fingerprint density at radius 2 is 1.68 bits per heavy atom. The summed E-state index contributed by atoms with van der Waals surface area (Å²) >= 11 is 1.40. The van der Waals surface area contributed by atoms with Crippen molar-refractivity contribution in [1.82, 2.24) is 0 Å². The maximum absolute atomic E-state index is 13.7. The van der Waals surface area contributed by atoms with Gasteiger partial charge in [0.2, 0.25) is 0 Å². The van der Waals surface area contributed by atoms with Gasteiger partial charge in [0.05, 0.1) is 15.9 Å². The van der Waals surface area contributed by atoms with E-state index in [0.29, 0.717) is 4.70 Å². The number of thiophene rings is 1. The fraction of sp³-hybridized carbons (Fsp3) is 0.429. The van der Waals surface area contributed by atoms with Gasteiger partial charge in [-0.25, -0.2) is 4.39 Å². The Bertz CT molecular complexity index is 619. The topological polar surface area (TPSA) is 18.5 Å². The van der Waals surface area contributed by atoms with Gasteiger partial charge in [-0.2, -0.15) is 0 Å². The Labute approximate surface area is 116 Å². The second kappa shape index (κ2) is 4.04. The molecule has 1 aromatic heterocycles. The molecular formula is C14H16BFO2S. The van der Waals surface area contributed by atoms with E-state index in [4.69, 9.17) is 9.31 Å². The molecule has 1 aromatic carbocycles. The molecule has 0 amide bonds. The maximum Gasteiger partial charge on any atom is 0.495 e. The van der Waals surface area contributed by atoms with Crippen LogP contribution in [0, 0.1) is 5.82 Å². The third kappa shape index (κ3) is 1.92. The lowest BCUT2D eigenvalue weighted by atomic mass is 9.77. The lowest BCUT2D eigenvalue weighted by Crippen LogP contribution is -2.41. The van der Waals surface area contributed by atoms with Gasteiger partial charge in [-0.05, 0) is 56.1 Å². The van der Waals surface area contributed by atoms with E-state index in [1.165, 1.54) is 17.4 Å². The van der Waals surface area contributed by atoms with E-state index in [1.54, 1.807) is 6.07 Å². The molecule has 2 nitrogen and oxygen atoms in total. The number of rotatable bonds is 1. The minimum atomic E-state index is -0.442. The predicted octanol–water partition coefficient (Wildman–Crippen LogP) is 3.34. The summed E-state index contributed by atoms with van der Waals surface area (Å²) in [4.78, 5) is 0. The van der Waals surface area contributed by atoms with Crippen molar-refractivity contribution < 1.29 is 13.7 Å². The van der Waals surface area contributed by atoms with Crippen molar-refractivity contribution in [3.8, 4) is 0 Å². The second-order valence-electron chi connectivity index (χ2n) is 5.89. The van der Waals surface area contributed by atoms with Gasteiger partial charge in [-0.15, -0.1) is 11.3 Å². The Morgan fingerprint density at radius 3 is 2.32 bits per heavy atom. The Kier molecular flexibility index (Phi) is 2.79. The molecule has 100 valence electrons. The Balaban J connectivity index is 2.08. The van der Waals surface area contributed by atoms with E-state index in [1.807, 2.05) is 39.1 Å². The van der Waals surface area contributed by atoms with E-state index < -0.39 is 7.12 Å². The summed E-state index contributed by atoms with van der Waals surface area (Å²) in [7, 11) is -0.442. The molecule has 0 aliphatic carbocycles. The van der Waals surface area contributed by atoms with E-state index in [2.05, 4.69) is 0 Å². The quantitative estimate of drug-likeness (QED) is 0.745. The zero-order valence-corrected chi connectivity index (χ0v) is 12.3. The highest BCUT2D eigenvalue weighted by Crippen LogP contribution is 2.37. The standard InChI is InChI=1S/C14H16BFO2S/c1-13(2)14(3,4)18-15(17-13)10-5-6-11(16)12-9(10)7-8-19-12/h5-8H,1-4H3. The third-order valence-electron chi connectivity index (χ3n) is 4.11. The maximum atomic E-state index is 13.7. The molecule has 1 saturated heterocycles. The van der Waals surface area contributed by atoms with Gasteiger partial charge in [-0.1, -0.05) is 6.07 Å². The summed E-state index contributed by atoms with van der Waals surface area (Å²) in [6.45, 7) is 8.06. The highest BCUT2D eigenvalue weighted by molar-refractivity contribution is 7.17. The average Bonchev–Trinajstić information content (AvgIpc) is 2.84. The molecule has 0 bridgehead atoms. The first kappa shape index (κ1) is 13.1. The molecule has 1 fully saturated rings. The molecule has 3 rings (SSSR count). The largest absolute Gasteiger partial charge is 0.495 e. The molecule has 0 radical (unpaired) electrons. The van der Waals surface area contributed by atoms with Crippen LogP contribution < -0.4 is 5.46 Å². The van der Waals surface area contributed by atoms with Crippen molar-refractivity contribution in [2.75, 3.05) is 0 Å². The van der Waals surface area contributed by atoms with Crippen LogP contribution in [0.25, 0.3) is 10.1 Å². The van der Waals surface area contributed by atoms with Gasteiger partial charge in [-0.3, -0.25) is 0 Å². The summed E-state index contributed by atoms with van der Waals surface area (Å²) in [6.07, 6.45) is 0. The average molecular weight is 278 g/mol. The smallest absolute Gasteiger partial charge is 0.399 e. The molecule has 0 saturated carbocycles. The van der Waals surface area contributed by atoms with Gasteiger partial charge in [0, 0.05) is 0 Å². The molecule has 1 aliphatic rings. The summed E-state index contributed by atoms with van der Waals surface area (Å²) in [5, 5.41) is 2.77. The third-order valence-corrected chi connectivity index (χ3v) is 5.03. The SMILES string of the molecule is CC1(C)OB(c2ccc(F)c3sccc23)OC1(C)C. The highest BCUT2D eigenvalue weighted by atomic mass is 32.1. The van der Waals surface area contributed by atoms with E-state index >= 15 is 0 Å². The normalized spacial score (nSPS) is 21.2. The summed E-state index contributed by atoms with van der Waals surface area (Å²) in [5.74, 6) is -0.190. The van der Waals surface area contributed by atoms with Crippen LogP contribution in [-0.2, 0) is 9.31 Å². The number of hydrogen-bond donors (Lipinski definition) is 0. The molecule has 5 heteroatoms. The summed E-state index contributed by atoms with van der Waals surface area (Å²) < 4.78 is 26.4. The molecule has 2 aromatic rings. The van der Waals surface area contributed by atoms with Gasteiger partial charge < -0.3 is 9.31 Å². The fourth-order valence-electron chi connectivity index (χ4n) is 2.23. The molecule has 1 aliphatic heterocycles. The van der Waals surface area contributed by atoms with Gasteiger partial charge in [0.1, 0.15) is 5.82 Å². The van der Waals surface area contributed by atoms with Crippen LogP contribution >= 0.6 is 11.3 Å². The van der Waals surface area contributed by atoms with Crippen LogP contribution in [0.3, 0.4) is 0 Å². The van der Waals surface area contributed by atoms with Crippen LogP contribution in [0.2, 0.25) is 0 Å². The molecular weight excluding hydrogens is 262 g/mol. The molecule has 0 unspecified atom stereocenters. The number of benzene rings is 1. The van der Waals surface area contributed by atoms with Crippen LogP contribution in [0.4, 0.5) is 4.39 Å². The van der Waals surface area contributed by atoms with Crippen LogP contribution in [-0.4, -0.2) is 18.3 Å². The minimum absolute atomic E-state index is 0.190. The number of hydrogen-bond acceptors (Lipinski definition) is 3. The van der Waals surface area contributed by atoms with Gasteiger partial charge in [0.15, 0.2) is 0 Å². The van der Waals surface area contributed by atoms with Crippen LogP contribution in [0.5, 0.6) is 0 Å². The minimum Gasteiger partial charge on any atom is -0.399 e. The first-order chi connectivity index (χ1) is 8.82. The lowest BCUT2D eigenvalue weighted by molar-refractivity contribution is 0.00578. The first-order valence-electron chi connectivity index (χ1n) is 6.33.